The van der Waals surface area contributed by atoms with Crippen molar-refractivity contribution in [2.75, 3.05) is 0 Å². The first kappa shape index (κ1) is 11.6. The summed E-state index contributed by atoms with van der Waals surface area (Å²) in [5.41, 5.74) is 2.73. The van der Waals surface area contributed by atoms with Gasteiger partial charge in [-0.1, -0.05) is 25.5 Å². The number of fused-ring (bicyclic) bond motifs is 3. The van der Waals surface area contributed by atoms with Gasteiger partial charge in [0.05, 0.1) is 16.6 Å². The number of hydrogen-bond donors (Lipinski definition) is 1. The van der Waals surface area contributed by atoms with E-state index < -0.39 is 5.97 Å². The van der Waals surface area contributed by atoms with Gasteiger partial charge in [-0.2, -0.15) is 0 Å². The van der Waals surface area contributed by atoms with Gasteiger partial charge in [0.15, 0.2) is 0 Å². The maximum absolute atomic E-state index is 11.3. The van der Waals surface area contributed by atoms with Gasteiger partial charge < -0.3 is 5.11 Å². The number of para-hydroxylation sites is 2. The zero-order chi connectivity index (χ0) is 13.4. The van der Waals surface area contributed by atoms with E-state index >= 15 is 0 Å². The predicted octanol–water partition coefficient (Wildman–Crippen LogP) is 2.53. The molecule has 5 nitrogen and oxygen atoms in total. The molecule has 3 rings (SSSR count). The first-order chi connectivity index (χ1) is 9.22. The molecule has 3 aromatic rings. The van der Waals surface area contributed by atoms with E-state index in [1.54, 1.807) is 0 Å². The van der Waals surface area contributed by atoms with E-state index in [4.69, 9.17) is 0 Å². The molecule has 0 spiro atoms. The second-order valence-corrected chi connectivity index (χ2v) is 4.41. The maximum atomic E-state index is 11.3. The van der Waals surface area contributed by atoms with Crippen molar-refractivity contribution in [3.05, 3.63) is 41.7 Å². The van der Waals surface area contributed by atoms with Crippen molar-refractivity contribution in [1.29, 1.82) is 0 Å². The van der Waals surface area contributed by atoms with Crippen LogP contribution in [-0.2, 0) is 6.42 Å². The number of imidazole rings is 1. The van der Waals surface area contributed by atoms with Crippen LogP contribution in [0.5, 0.6) is 0 Å². The van der Waals surface area contributed by atoms with Crippen molar-refractivity contribution in [3.8, 4) is 0 Å². The molecule has 0 saturated heterocycles. The molecule has 5 heteroatoms. The van der Waals surface area contributed by atoms with E-state index in [1.165, 1.54) is 6.20 Å². The Bertz CT molecular complexity index is 777. The zero-order valence-corrected chi connectivity index (χ0v) is 10.5. The topological polar surface area (TPSA) is 67.5 Å². The Hall–Kier alpha value is -2.43. The number of aromatic nitrogens is 3. The number of rotatable bonds is 3. The summed E-state index contributed by atoms with van der Waals surface area (Å²) in [6.07, 6.45) is 2.95. The lowest BCUT2D eigenvalue weighted by Crippen LogP contribution is -2.09. The van der Waals surface area contributed by atoms with Gasteiger partial charge in [-0.3, -0.25) is 4.40 Å². The van der Waals surface area contributed by atoms with E-state index in [9.17, 15) is 9.90 Å². The number of hydrogen-bond acceptors (Lipinski definition) is 3. The Labute approximate surface area is 109 Å². The van der Waals surface area contributed by atoms with Gasteiger partial charge in [0.2, 0.25) is 5.78 Å². The van der Waals surface area contributed by atoms with Crippen molar-refractivity contribution < 1.29 is 9.90 Å². The van der Waals surface area contributed by atoms with Crippen molar-refractivity contribution in [2.45, 2.75) is 19.8 Å². The Kier molecular flexibility index (Phi) is 2.67. The SMILES string of the molecule is CCCc1c(C(=O)O)cnc2nc3ccccc3n12. The molecule has 0 atom stereocenters. The van der Waals surface area contributed by atoms with Crippen LogP contribution in [0.15, 0.2) is 30.5 Å². The number of carbonyl (C=O) groups is 1. The Morgan fingerprint density at radius 3 is 2.89 bits per heavy atom. The quantitative estimate of drug-likeness (QED) is 0.781. The van der Waals surface area contributed by atoms with Crippen LogP contribution in [0, 0.1) is 0 Å². The van der Waals surface area contributed by atoms with Gasteiger partial charge in [0.1, 0.15) is 0 Å². The van der Waals surface area contributed by atoms with Crippen LogP contribution in [0.1, 0.15) is 29.4 Å². The first-order valence-corrected chi connectivity index (χ1v) is 6.20. The largest absolute Gasteiger partial charge is 0.478 e. The minimum Gasteiger partial charge on any atom is -0.478 e. The summed E-state index contributed by atoms with van der Waals surface area (Å²) in [6, 6.07) is 7.66. The summed E-state index contributed by atoms with van der Waals surface area (Å²) in [7, 11) is 0. The third-order valence-corrected chi connectivity index (χ3v) is 3.15. The van der Waals surface area contributed by atoms with Gasteiger partial charge in [-0.15, -0.1) is 0 Å². The maximum Gasteiger partial charge on any atom is 0.339 e. The fraction of sp³-hybridized carbons (Fsp3) is 0.214. The number of benzene rings is 1. The average Bonchev–Trinajstić information content (AvgIpc) is 2.77. The lowest BCUT2D eigenvalue weighted by molar-refractivity contribution is 0.0694. The molecule has 2 heterocycles. The van der Waals surface area contributed by atoms with Crippen LogP contribution in [0.4, 0.5) is 0 Å². The fourth-order valence-electron chi connectivity index (χ4n) is 2.35. The molecule has 0 saturated carbocycles. The molecule has 0 bridgehead atoms. The summed E-state index contributed by atoms with van der Waals surface area (Å²) in [4.78, 5) is 19.9. The smallest absolute Gasteiger partial charge is 0.339 e. The highest BCUT2D eigenvalue weighted by Crippen LogP contribution is 2.20. The normalized spacial score (nSPS) is 11.2. The van der Waals surface area contributed by atoms with Crippen LogP contribution in [0.3, 0.4) is 0 Å². The molecule has 0 aliphatic carbocycles. The van der Waals surface area contributed by atoms with Crippen molar-refractivity contribution >= 4 is 22.8 Å². The zero-order valence-electron chi connectivity index (χ0n) is 10.5. The highest BCUT2D eigenvalue weighted by molar-refractivity contribution is 5.90. The molecular formula is C14H13N3O2. The lowest BCUT2D eigenvalue weighted by atomic mass is 10.1. The van der Waals surface area contributed by atoms with Crippen molar-refractivity contribution in [3.63, 3.8) is 0 Å². The number of carboxylic acid groups (broad SMARTS) is 1. The van der Waals surface area contributed by atoms with Crippen LogP contribution < -0.4 is 0 Å². The molecule has 0 unspecified atom stereocenters. The van der Waals surface area contributed by atoms with Gasteiger partial charge in [0.25, 0.3) is 0 Å². The summed E-state index contributed by atoms with van der Waals surface area (Å²) in [6.45, 7) is 2.02. The summed E-state index contributed by atoms with van der Waals surface area (Å²) < 4.78 is 1.85. The molecule has 0 aliphatic rings. The molecule has 1 aromatic carbocycles. The molecule has 0 radical (unpaired) electrons. The Morgan fingerprint density at radius 2 is 2.16 bits per heavy atom. The van der Waals surface area contributed by atoms with E-state index in [0.717, 1.165) is 23.1 Å². The van der Waals surface area contributed by atoms with Gasteiger partial charge >= 0.3 is 5.97 Å². The molecule has 96 valence electrons. The van der Waals surface area contributed by atoms with Crippen LogP contribution in [0.2, 0.25) is 0 Å². The highest BCUT2D eigenvalue weighted by atomic mass is 16.4. The van der Waals surface area contributed by atoms with E-state index in [0.29, 0.717) is 12.2 Å². The second kappa shape index (κ2) is 4.35. The summed E-state index contributed by atoms with van der Waals surface area (Å²) >= 11 is 0. The molecule has 2 aromatic heterocycles. The van der Waals surface area contributed by atoms with E-state index in [2.05, 4.69) is 9.97 Å². The van der Waals surface area contributed by atoms with Gasteiger partial charge in [-0.05, 0) is 18.6 Å². The number of nitrogens with zero attached hydrogens (tertiary/aromatic N) is 3. The molecule has 0 aliphatic heterocycles. The number of carboxylic acids is 1. The second-order valence-electron chi connectivity index (χ2n) is 4.41. The Balaban J connectivity index is 2.46. The van der Waals surface area contributed by atoms with Crippen molar-refractivity contribution in [2.24, 2.45) is 0 Å². The fourth-order valence-corrected chi connectivity index (χ4v) is 2.35. The summed E-state index contributed by atoms with van der Waals surface area (Å²) in [5.74, 6) is -0.398. The number of aryl methyl sites for hydroxylation is 1. The monoisotopic (exact) mass is 255 g/mol. The number of aromatic carboxylic acids is 1. The minimum absolute atomic E-state index is 0.248. The first-order valence-electron chi connectivity index (χ1n) is 6.20. The predicted molar refractivity (Wildman–Crippen MR) is 71.4 cm³/mol. The standard InChI is InChI=1S/C14H13N3O2/c1-2-5-11-9(13(18)19)8-15-14-16-10-6-3-4-7-12(10)17(11)14/h3-4,6-8H,2,5H2,1H3,(H,18,19). The molecule has 0 amide bonds. The third-order valence-electron chi connectivity index (χ3n) is 3.15. The molecule has 1 N–H and O–H groups in total. The Morgan fingerprint density at radius 1 is 1.37 bits per heavy atom. The van der Waals surface area contributed by atoms with Gasteiger partial charge in [0, 0.05) is 11.9 Å². The minimum atomic E-state index is -0.948. The summed E-state index contributed by atoms with van der Waals surface area (Å²) in [5, 5.41) is 9.29. The van der Waals surface area contributed by atoms with E-state index in [1.807, 2.05) is 35.6 Å². The molecule has 0 fully saturated rings. The van der Waals surface area contributed by atoms with E-state index in [-0.39, 0.29) is 5.56 Å². The van der Waals surface area contributed by atoms with Crippen LogP contribution in [-0.4, -0.2) is 25.4 Å². The van der Waals surface area contributed by atoms with Crippen molar-refractivity contribution in [1.82, 2.24) is 14.4 Å². The molecular weight excluding hydrogens is 242 g/mol. The third kappa shape index (κ3) is 1.74. The molecule has 19 heavy (non-hydrogen) atoms. The highest BCUT2D eigenvalue weighted by Gasteiger charge is 2.16. The van der Waals surface area contributed by atoms with Crippen LogP contribution in [0.25, 0.3) is 16.8 Å². The van der Waals surface area contributed by atoms with Gasteiger partial charge in [-0.25, -0.2) is 14.8 Å². The lowest BCUT2D eigenvalue weighted by Gasteiger charge is -2.08. The average molecular weight is 255 g/mol. The van der Waals surface area contributed by atoms with Crippen LogP contribution >= 0.6 is 0 Å².